The van der Waals surface area contributed by atoms with E-state index < -0.39 is 15.3 Å². The first-order valence-electron chi connectivity index (χ1n) is 7.22. The molecule has 5 nitrogen and oxygen atoms in total. The molecule has 1 N–H and O–H groups in total. The lowest BCUT2D eigenvalue weighted by molar-refractivity contribution is 0.570. The minimum atomic E-state index is -3.20. The molecule has 1 aliphatic heterocycles. The van der Waals surface area contributed by atoms with E-state index in [1.165, 1.54) is 4.68 Å². The predicted octanol–water partition coefficient (Wildman–Crippen LogP) is 1.68. The van der Waals surface area contributed by atoms with Crippen LogP contribution in [0.2, 0.25) is 0 Å². The molecule has 6 heteroatoms. The second-order valence-electron chi connectivity index (χ2n) is 6.71. The Morgan fingerprint density at radius 2 is 1.95 bits per heavy atom. The highest BCUT2D eigenvalue weighted by Crippen LogP contribution is 2.42. The third-order valence-electron chi connectivity index (χ3n) is 4.49. The smallest absolute Gasteiger partial charge is 0.269 e. The fourth-order valence-electron chi connectivity index (χ4n) is 3.49. The van der Waals surface area contributed by atoms with E-state index in [1.54, 1.807) is 19.3 Å². The SMILES string of the molecule is Cc1c(Cc2c[nH]n(C)c2=O)ccc2c1C(C)(C)CS2(=O)=O. The lowest BCUT2D eigenvalue weighted by atomic mass is 9.82. The van der Waals surface area contributed by atoms with E-state index in [4.69, 9.17) is 0 Å². The minimum absolute atomic E-state index is 0.0493. The van der Waals surface area contributed by atoms with Crippen molar-refractivity contribution in [1.82, 2.24) is 9.78 Å². The molecule has 2 aromatic rings. The van der Waals surface area contributed by atoms with Crippen molar-refractivity contribution in [3.05, 3.63) is 50.9 Å². The molecule has 0 aliphatic carbocycles. The van der Waals surface area contributed by atoms with Gasteiger partial charge in [-0.25, -0.2) is 8.42 Å². The second-order valence-corrected chi connectivity index (χ2v) is 8.66. The van der Waals surface area contributed by atoms with Crippen LogP contribution < -0.4 is 5.56 Å². The molecule has 0 saturated carbocycles. The average molecular weight is 320 g/mol. The largest absolute Gasteiger partial charge is 0.303 e. The molecular weight excluding hydrogens is 300 g/mol. The van der Waals surface area contributed by atoms with Gasteiger partial charge in [-0.2, -0.15) is 0 Å². The van der Waals surface area contributed by atoms with Gasteiger partial charge in [0.25, 0.3) is 5.56 Å². The number of benzene rings is 1. The van der Waals surface area contributed by atoms with Crippen LogP contribution in [0.25, 0.3) is 0 Å². The van der Waals surface area contributed by atoms with Gasteiger partial charge in [0.05, 0.1) is 10.6 Å². The zero-order valence-corrected chi connectivity index (χ0v) is 14.0. The zero-order valence-electron chi connectivity index (χ0n) is 13.2. The average Bonchev–Trinajstić information content (AvgIpc) is 2.80. The molecule has 0 spiro atoms. The Morgan fingerprint density at radius 1 is 1.27 bits per heavy atom. The summed E-state index contributed by atoms with van der Waals surface area (Å²) in [7, 11) is -1.52. The first-order chi connectivity index (χ1) is 10.1. The van der Waals surface area contributed by atoms with Gasteiger partial charge in [-0.1, -0.05) is 19.9 Å². The number of rotatable bonds is 2. The van der Waals surface area contributed by atoms with Gasteiger partial charge in [0.1, 0.15) is 0 Å². The van der Waals surface area contributed by atoms with Gasteiger partial charge in [0, 0.05) is 30.6 Å². The van der Waals surface area contributed by atoms with Crippen molar-refractivity contribution in [2.75, 3.05) is 5.75 Å². The molecule has 0 saturated heterocycles. The van der Waals surface area contributed by atoms with E-state index in [0.29, 0.717) is 16.9 Å². The number of nitrogens with one attached hydrogen (secondary N) is 1. The Balaban J connectivity index is 2.14. The highest BCUT2D eigenvalue weighted by Gasteiger charge is 2.41. The molecule has 1 aliphatic rings. The number of sulfone groups is 1. The van der Waals surface area contributed by atoms with E-state index in [9.17, 15) is 13.2 Å². The zero-order chi connectivity index (χ0) is 16.3. The first kappa shape index (κ1) is 15.1. The minimum Gasteiger partial charge on any atom is -0.303 e. The molecule has 1 aromatic heterocycles. The van der Waals surface area contributed by atoms with Gasteiger partial charge in [0.2, 0.25) is 0 Å². The predicted molar refractivity (Wildman–Crippen MR) is 85.1 cm³/mol. The molecule has 0 bridgehead atoms. The van der Waals surface area contributed by atoms with Gasteiger partial charge in [-0.3, -0.25) is 9.48 Å². The Kier molecular flexibility index (Phi) is 3.15. The fourth-order valence-corrected chi connectivity index (χ4v) is 5.75. The molecule has 118 valence electrons. The van der Waals surface area contributed by atoms with Crippen molar-refractivity contribution in [2.24, 2.45) is 7.05 Å². The summed E-state index contributed by atoms with van der Waals surface area (Å²) >= 11 is 0. The third kappa shape index (κ3) is 2.13. The maximum atomic E-state index is 12.3. The van der Waals surface area contributed by atoms with Crippen LogP contribution in [0.4, 0.5) is 0 Å². The number of aromatic nitrogens is 2. The lowest BCUT2D eigenvalue weighted by Gasteiger charge is -2.21. The van der Waals surface area contributed by atoms with Gasteiger partial charge < -0.3 is 5.10 Å². The quantitative estimate of drug-likeness (QED) is 0.915. The summed E-state index contributed by atoms with van der Waals surface area (Å²) in [4.78, 5) is 12.4. The van der Waals surface area contributed by atoms with Crippen LogP contribution >= 0.6 is 0 Å². The Labute approximate surface area is 129 Å². The number of aryl methyl sites for hydroxylation is 1. The summed E-state index contributed by atoms with van der Waals surface area (Å²) in [6, 6.07) is 3.53. The van der Waals surface area contributed by atoms with E-state index in [1.807, 2.05) is 26.8 Å². The number of aromatic amines is 1. The maximum absolute atomic E-state index is 12.3. The Bertz CT molecular complexity index is 917. The molecular formula is C16H20N2O3S. The normalized spacial score (nSPS) is 18.4. The summed E-state index contributed by atoms with van der Waals surface area (Å²) in [6.07, 6.45) is 2.21. The topological polar surface area (TPSA) is 71.9 Å². The molecule has 0 unspecified atom stereocenters. The number of H-pyrrole nitrogens is 1. The number of hydrogen-bond donors (Lipinski definition) is 1. The number of hydrogen-bond acceptors (Lipinski definition) is 3. The van der Waals surface area contributed by atoms with Crippen molar-refractivity contribution in [3.63, 3.8) is 0 Å². The van der Waals surface area contributed by atoms with Crippen molar-refractivity contribution in [2.45, 2.75) is 37.5 Å². The van der Waals surface area contributed by atoms with E-state index >= 15 is 0 Å². The first-order valence-corrected chi connectivity index (χ1v) is 8.88. The summed E-state index contributed by atoms with van der Waals surface area (Å²) < 4.78 is 26.0. The molecule has 0 amide bonds. The van der Waals surface area contributed by atoms with Crippen LogP contribution in [-0.4, -0.2) is 24.0 Å². The highest BCUT2D eigenvalue weighted by atomic mass is 32.2. The summed E-state index contributed by atoms with van der Waals surface area (Å²) in [5.41, 5.74) is 3.12. The molecule has 3 rings (SSSR count). The Morgan fingerprint density at radius 3 is 2.55 bits per heavy atom. The standard InChI is InChI=1S/C16H20N2O3S/c1-10-11(7-12-8-17-18(4)15(12)19)5-6-13-14(10)16(2,3)9-22(13,20)21/h5-6,8,17H,7,9H2,1-4H3. The van der Waals surface area contributed by atoms with E-state index in [0.717, 1.165) is 16.7 Å². The monoisotopic (exact) mass is 320 g/mol. The number of nitrogens with zero attached hydrogens (tertiary/aromatic N) is 1. The van der Waals surface area contributed by atoms with E-state index in [2.05, 4.69) is 5.10 Å². The van der Waals surface area contributed by atoms with Crippen molar-refractivity contribution >= 4 is 9.84 Å². The summed E-state index contributed by atoms with van der Waals surface area (Å²) in [5.74, 6) is 0.144. The van der Waals surface area contributed by atoms with Crippen molar-refractivity contribution in [3.8, 4) is 0 Å². The Hall–Kier alpha value is -1.82. The van der Waals surface area contributed by atoms with Crippen LogP contribution in [0.3, 0.4) is 0 Å². The fraction of sp³-hybridized carbons (Fsp3) is 0.438. The van der Waals surface area contributed by atoms with Gasteiger partial charge in [-0.05, 0) is 29.7 Å². The van der Waals surface area contributed by atoms with Crippen LogP contribution in [-0.2, 0) is 28.7 Å². The van der Waals surface area contributed by atoms with Crippen LogP contribution in [0.1, 0.15) is 36.1 Å². The molecule has 2 heterocycles. The molecule has 0 fully saturated rings. The molecule has 1 aromatic carbocycles. The summed E-state index contributed by atoms with van der Waals surface area (Å²) in [6.45, 7) is 5.87. The van der Waals surface area contributed by atoms with Gasteiger partial charge >= 0.3 is 0 Å². The van der Waals surface area contributed by atoms with Crippen LogP contribution in [0.5, 0.6) is 0 Å². The molecule has 22 heavy (non-hydrogen) atoms. The van der Waals surface area contributed by atoms with Gasteiger partial charge in [0.15, 0.2) is 9.84 Å². The summed E-state index contributed by atoms with van der Waals surface area (Å²) in [5, 5.41) is 2.87. The van der Waals surface area contributed by atoms with Gasteiger partial charge in [-0.15, -0.1) is 0 Å². The third-order valence-corrected chi connectivity index (χ3v) is 6.61. The van der Waals surface area contributed by atoms with Crippen molar-refractivity contribution in [1.29, 1.82) is 0 Å². The van der Waals surface area contributed by atoms with Crippen molar-refractivity contribution < 1.29 is 8.42 Å². The second kappa shape index (κ2) is 4.59. The molecule has 0 atom stereocenters. The molecule has 0 radical (unpaired) electrons. The van der Waals surface area contributed by atoms with E-state index in [-0.39, 0.29) is 11.3 Å². The number of fused-ring (bicyclic) bond motifs is 1. The van der Waals surface area contributed by atoms with Crippen LogP contribution in [0.15, 0.2) is 28.0 Å². The maximum Gasteiger partial charge on any atom is 0.269 e. The highest BCUT2D eigenvalue weighted by molar-refractivity contribution is 7.91. The lowest BCUT2D eigenvalue weighted by Crippen LogP contribution is -2.20. The van der Waals surface area contributed by atoms with Crippen LogP contribution in [0, 0.1) is 6.92 Å².